The average molecular weight is 307 g/mol. The molecule has 2 fully saturated rings. The lowest BCUT2D eigenvalue weighted by atomic mass is 9.94. The van der Waals surface area contributed by atoms with E-state index in [1.165, 1.54) is 42.7 Å². The number of anilines is 2. The number of nitrogen functional groups attached to an aromatic ring is 1. The summed E-state index contributed by atoms with van der Waals surface area (Å²) >= 11 is 1.59. The maximum absolute atomic E-state index is 12.0. The summed E-state index contributed by atoms with van der Waals surface area (Å²) in [5, 5.41) is 3.98. The van der Waals surface area contributed by atoms with Crippen LogP contribution < -0.4 is 16.0 Å². The Morgan fingerprint density at radius 1 is 1.33 bits per heavy atom. The molecule has 21 heavy (non-hydrogen) atoms. The van der Waals surface area contributed by atoms with Gasteiger partial charge in [0.15, 0.2) is 0 Å². The summed E-state index contributed by atoms with van der Waals surface area (Å²) < 4.78 is 0. The van der Waals surface area contributed by atoms with Gasteiger partial charge in [-0.25, -0.2) is 0 Å². The van der Waals surface area contributed by atoms with Gasteiger partial charge in [-0.15, -0.1) is 11.3 Å². The Morgan fingerprint density at radius 3 is 2.52 bits per heavy atom. The Bertz CT molecular complexity index is 528. The number of thiophene rings is 1. The summed E-state index contributed by atoms with van der Waals surface area (Å²) in [6.45, 7) is 4.49. The van der Waals surface area contributed by atoms with E-state index in [-0.39, 0.29) is 5.91 Å². The second-order valence-corrected chi connectivity index (χ2v) is 7.25. The van der Waals surface area contributed by atoms with Gasteiger partial charge in [-0.05, 0) is 37.5 Å². The zero-order chi connectivity index (χ0) is 15.0. The molecule has 1 saturated carbocycles. The Kier molecular flexibility index (Phi) is 4.11. The second-order valence-electron chi connectivity index (χ2n) is 6.26. The van der Waals surface area contributed by atoms with E-state index in [0.717, 1.165) is 24.7 Å². The highest BCUT2D eigenvalue weighted by molar-refractivity contribution is 7.18. The fourth-order valence-corrected chi connectivity index (χ4v) is 4.58. The summed E-state index contributed by atoms with van der Waals surface area (Å²) in [6.07, 6.45) is 6.22. The van der Waals surface area contributed by atoms with Crippen LogP contribution in [0.5, 0.6) is 0 Å². The van der Waals surface area contributed by atoms with Crippen molar-refractivity contribution in [2.24, 2.45) is 5.92 Å². The first-order chi connectivity index (χ1) is 10.2. The number of nitrogens with two attached hydrogens (primary N) is 1. The van der Waals surface area contributed by atoms with Crippen LogP contribution in [0.15, 0.2) is 0 Å². The minimum atomic E-state index is -0.0471. The number of nitrogens with zero attached hydrogens (tertiary/aromatic N) is 1. The Hall–Kier alpha value is -1.23. The van der Waals surface area contributed by atoms with Gasteiger partial charge in [-0.3, -0.25) is 4.79 Å². The molecule has 0 unspecified atom stereocenters. The van der Waals surface area contributed by atoms with Crippen LogP contribution in [0.4, 0.5) is 10.7 Å². The Labute approximate surface area is 130 Å². The molecule has 1 aromatic rings. The maximum Gasteiger partial charge on any atom is 0.263 e. The fourth-order valence-electron chi connectivity index (χ4n) is 3.27. The molecule has 1 aliphatic carbocycles. The van der Waals surface area contributed by atoms with Crippen molar-refractivity contribution in [3.05, 3.63) is 10.4 Å². The lowest BCUT2D eigenvalue weighted by Gasteiger charge is -2.33. The van der Waals surface area contributed by atoms with Crippen LogP contribution >= 0.6 is 11.3 Å². The summed E-state index contributed by atoms with van der Waals surface area (Å²) in [7, 11) is 1.67. The van der Waals surface area contributed by atoms with E-state index >= 15 is 0 Å². The maximum atomic E-state index is 12.0. The fraction of sp³-hybridized carbons (Fsp3) is 0.688. The summed E-state index contributed by atoms with van der Waals surface area (Å²) in [4.78, 5) is 15.2. The molecule has 2 heterocycles. The molecule has 0 radical (unpaired) electrons. The van der Waals surface area contributed by atoms with Crippen molar-refractivity contribution in [1.29, 1.82) is 0 Å². The average Bonchev–Trinajstić information content (AvgIpc) is 3.30. The summed E-state index contributed by atoms with van der Waals surface area (Å²) in [5.41, 5.74) is 8.29. The molecular weight excluding hydrogens is 282 g/mol. The zero-order valence-corrected chi connectivity index (χ0v) is 13.8. The predicted molar refractivity (Wildman–Crippen MR) is 89.3 cm³/mol. The lowest BCUT2D eigenvalue weighted by molar-refractivity contribution is 0.0968. The Balaban J connectivity index is 1.89. The van der Waals surface area contributed by atoms with Crippen LogP contribution in [0.2, 0.25) is 0 Å². The Morgan fingerprint density at radius 2 is 2.00 bits per heavy atom. The monoisotopic (exact) mass is 307 g/mol. The highest BCUT2D eigenvalue weighted by Crippen LogP contribution is 2.52. The van der Waals surface area contributed by atoms with E-state index in [4.69, 9.17) is 5.73 Å². The minimum Gasteiger partial charge on any atom is -0.397 e. The van der Waals surface area contributed by atoms with Gasteiger partial charge in [-0.2, -0.15) is 0 Å². The molecule has 4 nitrogen and oxygen atoms in total. The van der Waals surface area contributed by atoms with Crippen molar-refractivity contribution in [1.82, 2.24) is 5.32 Å². The first-order valence-corrected chi connectivity index (χ1v) is 8.86. The van der Waals surface area contributed by atoms with Gasteiger partial charge in [0.2, 0.25) is 0 Å². The molecule has 1 aliphatic heterocycles. The molecule has 1 amide bonds. The van der Waals surface area contributed by atoms with Crippen molar-refractivity contribution in [3.8, 4) is 0 Å². The van der Waals surface area contributed by atoms with Crippen molar-refractivity contribution in [3.63, 3.8) is 0 Å². The van der Waals surface area contributed by atoms with Crippen LogP contribution in [0.3, 0.4) is 0 Å². The highest BCUT2D eigenvalue weighted by Gasteiger charge is 2.35. The number of rotatable bonds is 4. The molecule has 0 spiro atoms. The van der Waals surface area contributed by atoms with Crippen LogP contribution in [-0.4, -0.2) is 26.0 Å². The lowest BCUT2D eigenvalue weighted by Crippen LogP contribution is -2.33. The largest absolute Gasteiger partial charge is 0.397 e. The van der Waals surface area contributed by atoms with E-state index in [0.29, 0.717) is 10.8 Å². The second kappa shape index (κ2) is 5.87. The molecule has 5 heteroatoms. The molecule has 0 aromatic carbocycles. The molecule has 3 rings (SSSR count). The molecule has 1 aromatic heterocycles. The third kappa shape index (κ3) is 2.76. The highest BCUT2D eigenvalue weighted by atomic mass is 32.1. The summed E-state index contributed by atoms with van der Waals surface area (Å²) in [6, 6.07) is 0. The SMILES string of the molecule is CCC1CCN(c2sc(C(=O)NC)c(N)c2C2CC2)CC1. The van der Waals surface area contributed by atoms with Gasteiger partial charge < -0.3 is 16.0 Å². The number of carbonyl (C=O) groups is 1. The molecule has 116 valence electrons. The first-order valence-electron chi connectivity index (χ1n) is 8.04. The third-order valence-electron chi connectivity index (χ3n) is 4.86. The molecule has 0 atom stereocenters. The third-order valence-corrected chi connectivity index (χ3v) is 6.14. The van der Waals surface area contributed by atoms with E-state index in [2.05, 4.69) is 17.1 Å². The predicted octanol–water partition coefficient (Wildman–Crippen LogP) is 3.19. The number of amides is 1. The normalized spacial score (nSPS) is 19.8. The smallest absolute Gasteiger partial charge is 0.263 e. The summed E-state index contributed by atoms with van der Waals surface area (Å²) in [5.74, 6) is 1.40. The zero-order valence-electron chi connectivity index (χ0n) is 12.9. The number of piperidine rings is 1. The van der Waals surface area contributed by atoms with Crippen LogP contribution in [0.25, 0.3) is 0 Å². The van der Waals surface area contributed by atoms with Crippen molar-refractivity contribution >= 4 is 27.9 Å². The van der Waals surface area contributed by atoms with Crippen LogP contribution in [0.1, 0.15) is 60.2 Å². The van der Waals surface area contributed by atoms with Gasteiger partial charge in [-0.1, -0.05) is 13.3 Å². The molecule has 3 N–H and O–H groups in total. The topological polar surface area (TPSA) is 58.4 Å². The van der Waals surface area contributed by atoms with E-state index < -0.39 is 0 Å². The van der Waals surface area contributed by atoms with Gasteiger partial charge in [0.25, 0.3) is 5.91 Å². The van der Waals surface area contributed by atoms with Crippen LogP contribution in [-0.2, 0) is 0 Å². The van der Waals surface area contributed by atoms with Crippen molar-refractivity contribution < 1.29 is 4.79 Å². The number of hydrogen-bond donors (Lipinski definition) is 2. The first kappa shape index (κ1) is 14.7. The molecular formula is C16H25N3OS. The number of nitrogens with one attached hydrogen (secondary N) is 1. The van der Waals surface area contributed by atoms with Crippen molar-refractivity contribution in [2.45, 2.75) is 44.9 Å². The van der Waals surface area contributed by atoms with Gasteiger partial charge >= 0.3 is 0 Å². The van der Waals surface area contributed by atoms with Crippen LogP contribution in [0, 0.1) is 5.92 Å². The standard InChI is InChI=1S/C16H25N3OS/c1-3-10-6-8-19(9-7-10)16-12(11-4-5-11)13(17)14(21-16)15(20)18-2/h10-11H,3-9,17H2,1-2H3,(H,18,20). The van der Waals surface area contributed by atoms with E-state index in [9.17, 15) is 4.79 Å². The van der Waals surface area contributed by atoms with Crippen molar-refractivity contribution in [2.75, 3.05) is 30.8 Å². The quantitative estimate of drug-likeness (QED) is 0.898. The minimum absolute atomic E-state index is 0.0471. The van der Waals surface area contributed by atoms with Gasteiger partial charge in [0, 0.05) is 25.7 Å². The number of hydrogen-bond acceptors (Lipinski definition) is 4. The molecule has 0 bridgehead atoms. The van der Waals surface area contributed by atoms with E-state index in [1.54, 1.807) is 18.4 Å². The van der Waals surface area contributed by atoms with Gasteiger partial charge in [0.05, 0.1) is 10.7 Å². The molecule has 2 aliphatic rings. The number of carbonyl (C=O) groups excluding carboxylic acids is 1. The van der Waals surface area contributed by atoms with Gasteiger partial charge in [0.1, 0.15) is 4.88 Å². The van der Waals surface area contributed by atoms with E-state index in [1.807, 2.05) is 0 Å². The molecule has 1 saturated heterocycles.